The Bertz CT molecular complexity index is 480. The lowest BCUT2D eigenvalue weighted by molar-refractivity contribution is 0.444. The van der Waals surface area contributed by atoms with Crippen LogP contribution in [0.2, 0.25) is 0 Å². The number of hydrogen-bond donors (Lipinski definition) is 1. The molecular formula is C11H18N6. The van der Waals surface area contributed by atoms with Crippen LogP contribution >= 0.6 is 0 Å². The SMILES string of the molecule is CCNC(C)C(CC)c1cncc2nnnn12. The number of rotatable bonds is 5. The van der Waals surface area contributed by atoms with Gasteiger partial charge in [-0.1, -0.05) is 13.8 Å². The molecule has 17 heavy (non-hydrogen) atoms. The third-order valence-electron chi connectivity index (χ3n) is 3.08. The van der Waals surface area contributed by atoms with Gasteiger partial charge in [-0.15, -0.1) is 5.10 Å². The Morgan fingerprint density at radius 3 is 2.88 bits per heavy atom. The molecule has 92 valence electrons. The van der Waals surface area contributed by atoms with Crippen LogP contribution < -0.4 is 5.32 Å². The van der Waals surface area contributed by atoms with Gasteiger partial charge in [0.05, 0.1) is 11.9 Å². The Labute approximate surface area is 100 Å². The lowest BCUT2D eigenvalue weighted by Gasteiger charge is -2.23. The Kier molecular flexibility index (Phi) is 3.63. The Balaban J connectivity index is 2.39. The van der Waals surface area contributed by atoms with E-state index in [1.807, 2.05) is 6.20 Å². The standard InChI is InChI=1S/C11H18N6/c1-4-9(8(3)13-5-2)10-6-12-7-11-14-15-16-17(10)11/h6-9,13H,4-5H2,1-3H3. The fourth-order valence-corrected chi connectivity index (χ4v) is 2.23. The zero-order valence-corrected chi connectivity index (χ0v) is 10.5. The number of nitrogens with one attached hydrogen (secondary N) is 1. The molecule has 2 rings (SSSR count). The molecule has 2 aromatic heterocycles. The van der Waals surface area contributed by atoms with E-state index in [1.54, 1.807) is 10.7 Å². The molecule has 0 radical (unpaired) electrons. The smallest absolute Gasteiger partial charge is 0.197 e. The first-order valence-corrected chi connectivity index (χ1v) is 6.03. The molecule has 0 fully saturated rings. The summed E-state index contributed by atoms with van der Waals surface area (Å²) >= 11 is 0. The van der Waals surface area contributed by atoms with Crippen molar-refractivity contribution in [2.75, 3.05) is 6.54 Å². The molecule has 0 saturated heterocycles. The van der Waals surface area contributed by atoms with E-state index >= 15 is 0 Å². The summed E-state index contributed by atoms with van der Waals surface area (Å²) in [5, 5.41) is 15.1. The van der Waals surface area contributed by atoms with Crippen molar-refractivity contribution < 1.29 is 0 Å². The van der Waals surface area contributed by atoms with Gasteiger partial charge in [0.1, 0.15) is 0 Å². The highest BCUT2D eigenvalue weighted by atomic mass is 15.5. The quantitative estimate of drug-likeness (QED) is 0.836. The van der Waals surface area contributed by atoms with Gasteiger partial charge in [-0.2, -0.15) is 4.52 Å². The molecule has 0 aromatic carbocycles. The number of hydrogen-bond acceptors (Lipinski definition) is 5. The van der Waals surface area contributed by atoms with Gasteiger partial charge in [-0.05, 0) is 30.3 Å². The van der Waals surface area contributed by atoms with Crippen molar-refractivity contribution in [2.45, 2.75) is 39.2 Å². The Morgan fingerprint density at radius 2 is 2.18 bits per heavy atom. The first kappa shape index (κ1) is 11.9. The summed E-state index contributed by atoms with van der Waals surface area (Å²) in [7, 11) is 0. The summed E-state index contributed by atoms with van der Waals surface area (Å²) in [4.78, 5) is 4.21. The molecule has 2 atom stereocenters. The number of fused-ring (bicyclic) bond motifs is 1. The number of likely N-dealkylation sites (N-methyl/N-ethyl adjacent to an activating group) is 1. The average molecular weight is 234 g/mol. The van der Waals surface area contributed by atoms with Gasteiger partial charge >= 0.3 is 0 Å². The molecule has 6 nitrogen and oxygen atoms in total. The molecule has 0 bridgehead atoms. The summed E-state index contributed by atoms with van der Waals surface area (Å²) in [6, 6.07) is 0.376. The van der Waals surface area contributed by atoms with E-state index in [0.717, 1.165) is 18.7 Å². The summed E-state index contributed by atoms with van der Waals surface area (Å²) in [6.07, 6.45) is 4.55. The second-order valence-electron chi connectivity index (χ2n) is 4.14. The molecule has 0 aliphatic heterocycles. The van der Waals surface area contributed by atoms with Crippen LogP contribution in [0.3, 0.4) is 0 Å². The molecule has 2 unspecified atom stereocenters. The molecule has 0 saturated carbocycles. The van der Waals surface area contributed by atoms with Crippen LogP contribution in [0.4, 0.5) is 0 Å². The normalized spacial score (nSPS) is 15.0. The van der Waals surface area contributed by atoms with Crippen LogP contribution in [0.1, 0.15) is 38.8 Å². The lowest BCUT2D eigenvalue weighted by Crippen LogP contribution is -2.32. The second-order valence-corrected chi connectivity index (χ2v) is 4.14. The maximum atomic E-state index is 4.21. The van der Waals surface area contributed by atoms with Gasteiger partial charge in [0.15, 0.2) is 5.65 Å². The highest BCUT2D eigenvalue weighted by Gasteiger charge is 2.20. The minimum atomic E-state index is 0.356. The van der Waals surface area contributed by atoms with E-state index in [1.165, 1.54) is 0 Å². The van der Waals surface area contributed by atoms with Crippen molar-refractivity contribution in [3.63, 3.8) is 0 Å². The molecule has 0 aliphatic rings. The van der Waals surface area contributed by atoms with Gasteiger partial charge < -0.3 is 5.32 Å². The molecule has 2 heterocycles. The van der Waals surface area contributed by atoms with Crippen LogP contribution in [-0.4, -0.2) is 37.6 Å². The number of nitrogens with zero attached hydrogens (tertiary/aromatic N) is 5. The molecule has 0 aliphatic carbocycles. The first-order chi connectivity index (χ1) is 8.27. The first-order valence-electron chi connectivity index (χ1n) is 6.03. The van der Waals surface area contributed by atoms with Crippen LogP contribution in [0.15, 0.2) is 12.4 Å². The fraction of sp³-hybridized carbons (Fsp3) is 0.636. The highest BCUT2D eigenvalue weighted by Crippen LogP contribution is 2.22. The van der Waals surface area contributed by atoms with Crippen LogP contribution in [0.5, 0.6) is 0 Å². The van der Waals surface area contributed by atoms with Crippen LogP contribution in [0.25, 0.3) is 5.65 Å². The minimum Gasteiger partial charge on any atom is -0.314 e. The van der Waals surface area contributed by atoms with E-state index in [2.05, 4.69) is 46.6 Å². The topological polar surface area (TPSA) is 68.0 Å². The maximum absolute atomic E-state index is 4.21. The molecular weight excluding hydrogens is 216 g/mol. The minimum absolute atomic E-state index is 0.356. The summed E-state index contributed by atoms with van der Waals surface area (Å²) < 4.78 is 1.77. The predicted molar refractivity (Wildman–Crippen MR) is 64.7 cm³/mol. The maximum Gasteiger partial charge on any atom is 0.197 e. The van der Waals surface area contributed by atoms with Crippen LogP contribution in [0, 0.1) is 0 Å². The van der Waals surface area contributed by atoms with Gasteiger partial charge in [-0.3, -0.25) is 4.98 Å². The Morgan fingerprint density at radius 1 is 1.35 bits per heavy atom. The molecule has 2 aromatic rings. The monoisotopic (exact) mass is 234 g/mol. The van der Waals surface area contributed by atoms with Crippen molar-refractivity contribution in [2.24, 2.45) is 0 Å². The van der Waals surface area contributed by atoms with E-state index in [-0.39, 0.29) is 0 Å². The number of tetrazole rings is 1. The van der Waals surface area contributed by atoms with Crippen molar-refractivity contribution in [3.8, 4) is 0 Å². The van der Waals surface area contributed by atoms with Crippen molar-refractivity contribution in [3.05, 3.63) is 18.1 Å². The van der Waals surface area contributed by atoms with E-state index in [9.17, 15) is 0 Å². The van der Waals surface area contributed by atoms with Crippen molar-refractivity contribution in [1.29, 1.82) is 0 Å². The largest absolute Gasteiger partial charge is 0.314 e. The number of aromatic nitrogens is 5. The third kappa shape index (κ3) is 2.26. The van der Waals surface area contributed by atoms with Crippen LogP contribution in [-0.2, 0) is 0 Å². The fourth-order valence-electron chi connectivity index (χ4n) is 2.23. The van der Waals surface area contributed by atoms with Gasteiger partial charge in [-0.25, -0.2) is 0 Å². The van der Waals surface area contributed by atoms with E-state index in [0.29, 0.717) is 17.6 Å². The molecule has 6 heteroatoms. The summed E-state index contributed by atoms with van der Waals surface area (Å²) in [5.74, 6) is 0.356. The average Bonchev–Trinajstić information content (AvgIpc) is 2.79. The molecule has 0 spiro atoms. The van der Waals surface area contributed by atoms with Gasteiger partial charge in [0.25, 0.3) is 0 Å². The molecule has 0 amide bonds. The van der Waals surface area contributed by atoms with E-state index < -0.39 is 0 Å². The predicted octanol–water partition coefficient (Wildman–Crippen LogP) is 1.01. The van der Waals surface area contributed by atoms with Crippen molar-refractivity contribution >= 4 is 5.65 Å². The zero-order valence-electron chi connectivity index (χ0n) is 10.5. The van der Waals surface area contributed by atoms with Gasteiger partial charge in [0, 0.05) is 18.2 Å². The molecule has 1 N–H and O–H groups in total. The highest BCUT2D eigenvalue weighted by molar-refractivity contribution is 5.33. The summed E-state index contributed by atoms with van der Waals surface area (Å²) in [6.45, 7) is 7.41. The van der Waals surface area contributed by atoms with Crippen molar-refractivity contribution in [1.82, 2.24) is 30.3 Å². The Hall–Kier alpha value is -1.56. The lowest BCUT2D eigenvalue weighted by atomic mass is 9.95. The van der Waals surface area contributed by atoms with Gasteiger partial charge in [0.2, 0.25) is 0 Å². The second kappa shape index (κ2) is 5.18. The van der Waals surface area contributed by atoms with E-state index in [4.69, 9.17) is 0 Å². The third-order valence-corrected chi connectivity index (χ3v) is 3.08. The summed E-state index contributed by atoms with van der Waals surface area (Å²) in [5.41, 5.74) is 1.76. The zero-order chi connectivity index (χ0) is 12.3.